The Labute approximate surface area is 161 Å². The lowest BCUT2D eigenvalue weighted by Gasteiger charge is -2.25. The second-order valence-corrected chi connectivity index (χ2v) is 6.26. The first-order chi connectivity index (χ1) is 13.6. The molecule has 0 radical (unpaired) electrons. The van der Waals surface area contributed by atoms with Crippen LogP contribution in [0.4, 0.5) is 0 Å². The van der Waals surface area contributed by atoms with Crippen molar-refractivity contribution in [1.82, 2.24) is 4.98 Å². The van der Waals surface area contributed by atoms with E-state index < -0.39 is 24.1 Å². The van der Waals surface area contributed by atoms with Gasteiger partial charge in [0.15, 0.2) is 18.0 Å². The van der Waals surface area contributed by atoms with Gasteiger partial charge >= 0.3 is 11.9 Å². The molecule has 2 atom stereocenters. The van der Waals surface area contributed by atoms with Gasteiger partial charge < -0.3 is 13.9 Å². The number of carbonyl (C=O) groups is 2. The topological polar surface area (TPSA) is 78.6 Å². The van der Waals surface area contributed by atoms with Crippen molar-refractivity contribution in [2.45, 2.75) is 19.1 Å². The lowest BCUT2D eigenvalue weighted by molar-refractivity contribution is -0.163. The minimum absolute atomic E-state index is 0.390. The maximum atomic E-state index is 11.9. The number of ether oxygens (including phenoxy) is 2. The first kappa shape index (κ1) is 17.7. The third-order valence-corrected chi connectivity index (χ3v) is 4.25. The van der Waals surface area contributed by atoms with Gasteiger partial charge in [-0.15, -0.1) is 0 Å². The summed E-state index contributed by atoms with van der Waals surface area (Å²) in [7, 11) is 0. The van der Waals surface area contributed by atoms with Crippen LogP contribution in [0, 0.1) is 0 Å². The number of hydrogen-bond acceptors (Lipinski definition) is 6. The predicted octanol–water partition coefficient (Wildman–Crippen LogP) is 4.09. The van der Waals surface area contributed by atoms with Crippen LogP contribution in [-0.2, 0) is 19.1 Å². The van der Waals surface area contributed by atoms with Crippen molar-refractivity contribution in [3.05, 3.63) is 78.5 Å². The van der Waals surface area contributed by atoms with Gasteiger partial charge in [0.25, 0.3) is 0 Å². The molecule has 0 saturated heterocycles. The average Bonchev–Trinajstić information content (AvgIpc) is 3.16. The zero-order chi connectivity index (χ0) is 19.5. The molecule has 6 nitrogen and oxygen atoms in total. The zero-order valence-electron chi connectivity index (χ0n) is 15.1. The highest BCUT2D eigenvalue weighted by atomic mass is 16.6. The summed E-state index contributed by atoms with van der Waals surface area (Å²) in [5, 5.41) is 0. The van der Waals surface area contributed by atoms with Crippen LogP contribution < -0.4 is 0 Å². The number of cyclic esters (lactones) is 1. The largest absolute Gasteiger partial charge is 0.454 e. The molecule has 4 rings (SSSR count). The molecule has 0 aliphatic carbocycles. The standard InChI is InChI=1S/C22H17NO5/c1-14(24)26-17-12-13-18(25)27-21(17)19-20(15-8-4-2-5-9-15)28-22(23-19)16-10-6-3-7-11-16/h2-13,17,21H,1H3/t17-,21-/m0/s1. The lowest BCUT2D eigenvalue weighted by atomic mass is 10.0. The number of nitrogens with zero attached hydrogens (tertiary/aromatic N) is 1. The van der Waals surface area contributed by atoms with E-state index in [1.54, 1.807) is 0 Å². The van der Waals surface area contributed by atoms with E-state index in [2.05, 4.69) is 4.98 Å². The fourth-order valence-electron chi connectivity index (χ4n) is 3.04. The van der Waals surface area contributed by atoms with E-state index in [0.717, 1.165) is 11.1 Å². The highest BCUT2D eigenvalue weighted by molar-refractivity contribution is 5.83. The van der Waals surface area contributed by atoms with E-state index >= 15 is 0 Å². The number of rotatable bonds is 4. The maximum Gasteiger partial charge on any atom is 0.331 e. The molecular formula is C22H17NO5. The quantitative estimate of drug-likeness (QED) is 0.639. The fraction of sp³-hybridized carbons (Fsp3) is 0.136. The van der Waals surface area contributed by atoms with Gasteiger partial charge in [0.1, 0.15) is 5.69 Å². The van der Waals surface area contributed by atoms with Crippen molar-refractivity contribution < 1.29 is 23.5 Å². The number of esters is 2. The molecular weight excluding hydrogens is 358 g/mol. The van der Waals surface area contributed by atoms with Gasteiger partial charge in [-0.2, -0.15) is 0 Å². The molecule has 1 aliphatic heterocycles. The van der Waals surface area contributed by atoms with Gasteiger partial charge in [-0.25, -0.2) is 9.78 Å². The van der Waals surface area contributed by atoms with Gasteiger partial charge in [0, 0.05) is 24.1 Å². The molecule has 0 unspecified atom stereocenters. The van der Waals surface area contributed by atoms with E-state index in [4.69, 9.17) is 13.9 Å². The molecule has 0 spiro atoms. The van der Waals surface area contributed by atoms with E-state index in [-0.39, 0.29) is 0 Å². The highest BCUT2D eigenvalue weighted by Crippen LogP contribution is 2.37. The highest BCUT2D eigenvalue weighted by Gasteiger charge is 2.36. The van der Waals surface area contributed by atoms with Gasteiger partial charge in [-0.05, 0) is 18.2 Å². The first-order valence-corrected chi connectivity index (χ1v) is 8.79. The maximum absolute atomic E-state index is 11.9. The third kappa shape index (κ3) is 3.57. The summed E-state index contributed by atoms with van der Waals surface area (Å²) < 4.78 is 16.9. The molecule has 140 valence electrons. The van der Waals surface area contributed by atoms with E-state index in [9.17, 15) is 9.59 Å². The van der Waals surface area contributed by atoms with Crippen molar-refractivity contribution in [2.24, 2.45) is 0 Å². The van der Waals surface area contributed by atoms with Crippen LogP contribution in [0.2, 0.25) is 0 Å². The summed E-state index contributed by atoms with van der Waals surface area (Å²) in [6.45, 7) is 1.30. The number of hydrogen-bond donors (Lipinski definition) is 0. The van der Waals surface area contributed by atoms with Gasteiger partial charge in [-0.3, -0.25) is 4.79 Å². The van der Waals surface area contributed by atoms with Crippen LogP contribution in [0.15, 0.2) is 77.2 Å². The van der Waals surface area contributed by atoms with Crippen LogP contribution in [0.1, 0.15) is 18.7 Å². The summed E-state index contributed by atoms with van der Waals surface area (Å²) in [6, 6.07) is 18.8. The lowest BCUT2D eigenvalue weighted by Crippen LogP contribution is -2.30. The van der Waals surface area contributed by atoms with Gasteiger partial charge in [0.05, 0.1) is 0 Å². The van der Waals surface area contributed by atoms with E-state index in [0.29, 0.717) is 17.3 Å². The number of carbonyl (C=O) groups excluding carboxylic acids is 2. The molecule has 3 aromatic rings. The van der Waals surface area contributed by atoms with Crippen molar-refractivity contribution in [3.8, 4) is 22.8 Å². The summed E-state index contributed by atoms with van der Waals surface area (Å²) >= 11 is 0. The van der Waals surface area contributed by atoms with E-state index in [1.807, 2.05) is 60.7 Å². The van der Waals surface area contributed by atoms with Crippen LogP contribution in [0.5, 0.6) is 0 Å². The molecule has 28 heavy (non-hydrogen) atoms. The summed E-state index contributed by atoms with van der Waals surface area (Å²) in [5.74, 6) is -0.159. The molecule has 1 aliphatic rings. The Balaban J connectivity index is 1.84. The van der Waals surface area contributed by atoms with Crippen molar-refractivity contribution in [3.63, 3.8) is 0 Å². The molecule has 0 amide bonds. The molecule has 0 fully saturated rings. The van der Waals surface area contributed by atoms with Gasteiger partial charge in [0.2, 0.25) is 5.89 Å². The Bertz CT molecular complexity index is 1020. The number of benzene rings is 2. The van der Waals surface area contributed by atoms with E-state index in [1.165, 1.54) is 19.1 Å². The molecule has 0 saturated carbocycles. The van der Waals surface area contributed by atoms with Crippen molar-refractivity contribution in [1.29, 1.82) is 0 Å². The molecule has 2 heterocycles. The molecule has 6 heteroatoms. The Morgan fingerprint density at radius 3 is 2.29 bits per heavy atom. The Morgan fingerprint density at radius 2 is 1.64 bits per heavy atom. The molecule has 1 aromatic heterocycles. The predicted molar refractivity (Wildman–Crippen MR) is 101 cm³/mol. The zero-order valence-corrected chi connectivity index (χ0v) is 15.1. The fourth-order valence-corrected chi connectivity index (χ4v) is 3.04. The van der Waals surface area contributed by atoms with Gasteiger partial charge in [-0.1, -0.05) is 48.5 Å². The second-order valence-electron chi connectivity index (χ2n) is 6.26. The second kappa shape index (κ2) is 7.52. The Kier molecular flexibility index (Phi) is 4.76. The minimum Gasteiger partial charge on any atom is -0.454 e. The smallest absolute Gasteiger partial charge is 0.331 e. The molecule has 0 bridgehead atoms. The number of aromatic nitrogens is 1. The van der Waals surface area contributed by atoms with Crippen molar-refractivity contribution in [2.75, 3.05) is 0 Å². The van der Waals surface area contributed by atoms with Crippen molar-refractivity contribution >= 4 is 11.9 Å². The normalized spacial score (nSPS) is 18.5. The van der Waals surface area contributed by atoms with Crippen LogP contribution in [-0.4, -0.2) is 23.0 Å². The summed E-state index contributed by atoms with van der Waals surface area (Å²) in [6.07, 6.45) is 1.05. The minimum atomic E-state index is -0.905. The molecule has 2 aromatic carbocycles. The summed E-state index contributed by atoms with van der Waals surface area (Å²) in [5.41, 5.74) is 1.96. The average molecular weight is 375 g/mol. The first-order valence-electron chi connectivity index (χ1n) is 8.79. The van der Waals surface area contributed by atoms with Crippen LogP contribution >= 0.6 is 0 Å². The Morgan fingerprint density at radius 1 is 1.00 bits per heavy atom. The molecule has 0 N–H and O–H groups in total. The third-order valence-electron chi connectivity index (χ3n) is 4.25. The van der Waals surface area contributed by atoms with Crippen LogP contribution in [0.25, 0.3) is 22.8 Å². The van der Waals surface area contributed by atoms with Crippen LogP contribution in [0.3, 0.4) is 0 Å². The number of oxazole rings is 1. The Hall–Kier alpha value is -3.67. The SMILES string of the molecule is CC(=O)O[C@H]1C=CC(=O)O[C@@H]1c1nc(-c2ccccc2)oc1-c1ccccc1. The monoisotopic (exact) mass is 375 g/mol. The summed E-state index contributed by atoms with van der Waals surface area (Å²) in [4.78, 5) is 28.0.